The van der Waals surface area contributed by atoms with E-state index in [2.05, 4.69) is 0 Å². The van der Waals surface area contributed by atoms with Gasteiger partial charge in [-0.3, -0.25) is 4.79 Å². The molecule has 1 aliphatic rings. The Morgan fingerprint density at radius 2 is 2.17 bits per heavy atom. The molecule has 0 bridgehead atoms. The number of primary amides is 1. The fraction of sp³-hybridized carbons (Fsp3) is 0.875. The molecule has 4 nitrogen and oxygen atoms in total. The Labute approximate surface area is 72.2 Å². The summed E-state index contributed by atoms with van der Waals surface area (Å²) >= 11 is 0. The zero-order valence-electron chi connectivity index (χ0n) is 7.16. The molecule has 1 aliphatic heterocycles. The molecule has 1 heterocycles. The summed E-state index contributed by atoms with van der Waals surface area (Å²) in [5.74, 6) is -0.188. The summed E-state index contributed by atoms with van der Waals surface area (Å²) in [6.45, 7) is 1.48. The number of amides is 1. The Hall–Kier alpha value is -0.610. The van der Waals surface area contributed by atoms with E-state index in [-0.39, 0.29) is 5.92 Å². The van der Waals surface area contributed by atoms with Crippen molar-refractivity contribution >= 4 is 5.91 Å². The maximum atomic E-state index is 10.8. The predicted molar refractivity (Wildman–Crippen MR) is 45.3 cm³/mol. The summed E-state index contributed by atoms with van der Waals surface area (Å²) in [7, 11) is 0. The summed E-state index contributed by atoms with van der Waals surface area (Å²) in [4.78, 5) is 10.8. The first-order valence-electron chi connectivity index (χ1n) is 4.34. The van der Waals surface area contributed by atoms with Crippen LogP contribution in [-0.4, -0.2) is 25.2 Å². The van der Waals surface area contributed by atoms with Crippen molar-refractivity contribution in [2.45, 2.75) is 25.3 Å². The first-order chi connectivity index (χ1) is 5.72. The second-order valence-corrected chi connectivity index (χ2v) is 3.23. The molecule has 0 aromatic heterocycles. The van der Waals surface area contributed by atoms with E-state index in [9.17, 15) is 4.79 Å². The molecule has 1 rings (SSSR count). The van der Waals surface area contributed by atoms with Gasteiger partial charge in [-0.15, -0.1) is 0 Å². The highest BCUT2D eigenvalue weighted by atomic mass is 16.5. The lowest BCUT2D eigenvalue weighted by Gasteiger charge is -2.18. The molecule has 1 amide bonds. The average molecular weight is 172 g/mol. The number of carbonyl (C=O) groups is 1. The van der Waals surface area contributed by atoms with Crippen molar-refractivity contribution in [3.05, 3.63) is 0 Å². The normalized spacial score (nSPS) is 27.6. The van der Waals surface area contributed by atoms with Crippen molar-refractivity contribution in [2.24, 2.45) is 17.4 Å². The van der Waals surface area contributed by atoms with Crippen LogP contribution in [0.1, 0.15) is 19.3 Å². The van der Waals surface area contributed by atoms with Crippen LogP contribution >= 0.6 is 0 Å². The molecule has 1 fully saturated rings. The van der Waals surface area contributed by atoms with Crippen molar-refractivity contribution in [2.75, 3.05) is 13.2 Å². The molecule has 0 radical (unpaired) electrons. The van der Waals surface area contributed by atoms with Gasteiger partial charge in [-0.05, 0) is 25.2 Å². The molecule has 2 unspecified atom stereocenters. The first kappa shape index (κ1) is 9.48. The first-order valence-corrected chi connectivity index (χ1v) is 4.34. The quantitative estimate of drug-likeness (QED) is 0.595. The van der Waals surface area contributed by atoms with E-state index < -0.39 is 11.9 Å². The van der Waals surface area contributed by atoms with E-state index in [4.69, 9.17) is 16.2 Å². The Morgan fingerprint density at radius 1 is 1.42 bits per heavy atom. The van der Waals surface area contributed by atoms with Gasteiger partial charge in [-0.25, -0.2) is 0 Å². The number of hydrogen-bond acceptors (Lipinski definition) is 3. The predicted octanol–water partition coefficient (Wildman–Crippen LogP) is -0.384. The standard InChI is InChI=1S/C8H16N2O2/c9-7(8(10)11)6-2-1-4-12-5-3-6/h6-7H,1-5,9H2,(H2,10,11). The van der Waals surface area contributed by atoms with Gasteiger partial charge >= 0.3 is 0 Å². The second kappa shape index (κ2) is 4.42. The van der Waals surface area contributed by atoms with Crippen molar-refractivity contribution < 1.29 is 9.53 Å². The smallest absolute Gasteiger partial charge is 0.234 e. The van der Waals surface area contributed by atoms with E-state index in [0.717, 1.165) is 25.9 Å². The molecular weight excluding hydrogens is 156 g/mol. The Morgan fingerprint density at radius 3 is 2.83 bits per heavy atom. The van der Waals surface area contributed by atoms with E-state index >= 15 is 0 Å². The largest absolute Gasteiger partial charge is 0.381 e. The van der Waals surface area contributed by atoms with Crippen molar-refractivity contribution in [1.29, 1.82) is 0 Å². The molecule has 4 N–H and O–H groups in total. The fourth-order valence-electron chi connectivity index (χ4n) is 1.52. The van der Waals surface area contributed by atoms with Crippen LogP contribution in [0.25, 0.3) is 0 Å². The molecule has 0 aromatic carbocycles. The van der Waals surface area contributed by atoms with E-state index in [0.29, 0.717) is 6.61 Å². The van der Waals surface area contributed by atoms with Gasteiger partial charge in [0.2, 0.25) is 5.91 Å². The monoisotopic (exact) mass is 172 g/mol. The number of nitrogens with two attached hydrogens (primary N) is 2. The topological polar surface area (TPSA) is 78.3 Å². The fourth-order valence-corrected chi connectivity index (χ4v) is 1.52. The zero-order chi connectivity index (χ0) is 8.97. The van der Waals surface area contributed by atoms with Gasteiger partial charge < -0.3 is 16.2 Å². The third-order valence-electron chi connectivity index (χ3n) is 2.33. The molecule has 0 aromatic rings. The molecule has 1 saturated heterocycles. The molecule has 12 heavy (non-hydrogen) atoms. The average Bonchev–Trinajstić information content (AvgIpc) is 2.30. The molecule has 0 saturated carbocycles. The number of ether oxygens (including phenoxy) is 1. The van der Waals surface area contributed by atoms with Crippen LogP contribution in [0.4, 0.5) is 0 Å². The lowest BCUT2D eigenvalue weighted by molar-refractivity contribution is -0.120. The number of rotatable bonds is 2. The van der Waals surface area contributed by atoms with Gasteiger partial charge in [0.15, 0.2) is 0 Å². The molecule has 0 aliphatic carbocycles. The second-order valence-electron chi connectivity index (χ2n) is 3.23. The van der Waals surface area contributed by atoms with Gasteiger partial charge in [-0.1, -0.05) is 0 Å². The van der Waals surface area contributed by atoms with E-state index in [1.54, 1.807) is 0 Å². The summed E-state index contributed by atoms with van der Waals surface area (Å²) in [6.07, 6.45) is 2.78. The maximum Gasteiger partial charge on any atom is 0.234 e. The number of hydrogen-bond donors (Lipinski definition) is 2. The minimum atomic E-state index is -0.494. The molecular formula is C8H16N2O2. The third-order valence-corrected chi connectivity index (χ3v) is 2.33. The summed E-state index contributed by atoms with van der Waals surface area (Å²) < 4.78 is 5.25. The van der Waals surface area contributed by atoms with Gasteiger partial charge in [0, 0.05) is 13.2 Å². The Kier molecular flexibility index (Phi) is 3.49. The SMILES string of the molecule is NC(=O)C(N)C1CCCOCC1. The summed E-state index contributed by atoms with van der Waals surface area (Å²) in [5, 5.41) is 0. The van der Waals surface area contributed by atoms with Crippen LogP contribution in [0, 0.1) is 5.92 Å². The lowest BCUT2D eigenvalue weighted by Crippen LogP contribution is -2.42. The summed E-state index contributed by atoms with van der Waals surface area (Å²) in [6, 6.07) is -0.494. The lowest BCUT2D eigenvalue weighted by atomic mass is 9.92. The number of carbonyl (C=O) groups excluding carboxylic acids is 1. The Balaban J connectivity index is 2.42. The van der Waals surface area contributed by atoms with E-state index in [1.165, 1.54) is 0 Å². The highest BCUT2D eigenvalue weighted by molar-refractivity contribution is 5.79. The zero-order valence-corrected chi connectivity index (χ0v) is 7.16. The Bertz CT molecular complexity index is 153. The minimum Gasteiger partial charge on any atom is -0.381 e. The summed E-state index contributed by atoms with van der Waals surface area (Å²) in [5.41, 5.74) is 10.7. The minimum absolute atomic E-state index is 0.213. The van der Waals surface area contributed by atoms with Crippen molar-refractivity contribution in [1.82, 2.24) is 0 Å². The molecule has 4 heteroatoms. The van der Waals surface area contributed by atoms with Crippen molar-refractivity contribution in [3.63, 3.8) is 0 Å². The molecule has 70 valence electrons. The van der Waals surface area contributed by atoms with Crippen molar-refractivity contribution in [3.8, 4) is 0 Å². The van der Waals surface area contributed by atoms with Gasteiger partial charge in [-0.2, -0.15) is 0 Å². The van der Waals surface area contributed by atoms with Crippen LogP contribution in [0.2, 0.25) is 0 Å². The highest BCUT2D eigenvalue weighted by Gasteiger charge is 2.23. The molecule has 0 spiro atoms. The van der Waals surface area contributed by atoms with Crippen LogP contribution in [-0.2, 0) is 9.53 Å². The van der Waals surface area contributed by atoms with Crippen LogP contribution in [0.15, 0.2) is 0 Å². The van der Waals surface area contributed by atoms with E-state index in [1.807, 2.05) is 0 Å². The van der Waals surface area contributed by atoms with Crippen LogP contribution < -0.4 is 11.5 Å². The van der Waals surface area contributed by atoms with Gasteiger partial charge in [0.05, 0.1) is 6.04 Å². The van der Waals surface area contributed by atoms with Crippen LogP contribution in [0.3, 0.4) is 0 Å². The van der Waals surface area contributed by atoms with Gasteiger partial charge in [0.25, 0.3) is 0 Å². The maximum absolute atomic E-state index is 10.8. The highest BCUT2D eigenvalue weighted by Crippen LogP contribution is 2.17. The van der Waals surface area contributed by atoms with Crippen LogP contribution in [0.5, 0.6) is 0 Å². The third kappa shape index (κ3) is 2.46. The molecule has 2 atom stereocenters. The van der Waals surface area contributed by atoms with Gasteiger partial charge in [0.1, 0.15) is 0 Å².